The Labute approximate surface area is 152 Å². The van der Waals surface area contributed by atoms with E-state index in [9.17, 15) is 4.79 Å². The van der Waals surface area contributed by atoms with Crippen LogP contribution in [-0.2, 0) is 0 Å². The molecule has 0 heterocycles. The molecule has 0 saturated heterocycles. The maximum atomic E-state index is 12.2. The third kappa shape index (κ3) is 5.19. The van der Waals surface area contributed by atoms with Gasteiger partial charge in [0.15, 0.2) is 0 Å². The van der Waals surface area contributed by atoms with Crippen molar-refractivity contribution < 1.29 is 19.0 Å². The highest BCUT2D eigenvalue weighted by Gasteiger charge is 2.12. The highest BCUT2D eigenvalue weighted by molar-refractivity contribution is 6.32. The van der Waals surface area contributed by atoms with Gasteiger partial charge in [-0.05, 0) is 38.1 Å². The summed E-state index contributed by atoms with van der Waals surface area (Å²) in [5.74, 6) is 1.61. The van der Waals surface area contributed by atoms with Crippen LogP contribution >= 0.6 is 11.6 Å². The van der Waals surface area contributed by atoms with Crippen LogP contribution in [0.4, 0.5) is 16.2 Å². The van der Waals surface area contributed by atoms with Crippen molar-refractivity contribution in [3.05, 3.63) is 41.4 Å². The molecule has 2 rings (SSSR count). The molecule has 0 aliphatic carbocycles. The monoisotopic (exact) mass is 364 g/mol. The van der Waals surface area contributed by atoms with E-state index in [1.54, 1.807) is 36.4 Å². The summed E-state index contributed by atoms with van der Waals surface area (Å²) in [7, 11) is 2.99. The quantitative estimate of drug-likeness (QED) is 0.773. The predicted molar refractivity (Wildman–Crippen MR) is 99.4 cm³/mol. The standard InChI is InChI=1S/C18H21ClN2O4/c1-11(2)25-13-7-5-12(6-8-13)20-18(22)21-15-10-16(23-3)14(19)9-17(15)24-4/h5-11H,1-4H3,(H2,20,21,22). The van der Waals surface area contributed by atoms with Gasteiger partial charge in [0, 0.05) is 17.8 Å². The molecule has 0 aliphatic heterocycles. The summed E-state index contributed by atoms with van der Waals surface area (Å²) < 4.78 is 16.0. The topological polar surface area (TPSA) is 68.8 Å². The number of rotatable bonds is 6. The zero-order chi connectivity index (χ0) is 18.4. The number of nitrogens with one attached hydrogen (secondary N) is 2. The Bertz CT molecular complexity index is 733. The maximum Gasteiger partial charge on any atom is 0.323 e. The van der Waals surface area contributed by atoms with Crippen LogP contribution in [0.15, 0.2) is 36.4 Å². The fourth-order valence-corrected chi connectivity index (χ4v) is 2.36. The molecule has 0 unspecified atom stereocenters. The lowest BCUT2D eigenvalue weighted by Gasteiger charge is -2.14. The van der Waals surface area contributed by atoms with Gasteiger partial charge in [-0.2, -0.15) is 0 Å². The van der Waals surface area contributed by atoms with Crippen LogP contribution in [0.2, 0.25) is 5.02 Å². The molecule has 0 radical (unpaired) electrons. The van der Waals surface area contributed by atoms with Crippen molar-refractivity contribution in [3.8, 4) is 17.2 Å². The van der Waals surface area contributed by atoms with Gasteiger partial charge in [-0.25, -0.2) is 4.79 Å². The second-order valence-corrected chi connectivity index (χ2v) is 5.86. The number of hydrogen-bond acceptors (Lipinski definition) is 4. The minimum absolute atomic E-state index is 0.0921. The van der Waals surface area contributed by atoms with Gasteiger partial charge in [0.1, 0.15) is 17.2 Å². The average Bonchev–Trinajstić information content (AvgIpc) is 2.57. The highest BCUT2D eigenvalue weighted by Crippen LogP contribution is 2.35. The summed E-state index contributed by atoms with van der Waals surface area (Å²) in [5, 5.41) is 5.85. The summed E-state index contributed by atoms with van der Waals surface area (Å²) in [6, 6.07) is 9.87. The minimum Gasteiger partial charge on any atom is -0.495 e. The molecule has 0 fully saturated rings. The van der Waals surface area contributed by atoms with E-state index in [-0.39, 0.29) is 6.10 Å². The Morgan fingerprint density at radius 3 is 2.20 bits per heavy atom. The first-order chi connectivity index (χ1) is 11.9. The molecule has 0 atom stereocenters. The van der Waals surface area contributed by atoms with E-state index in [0.717, 1.165) is 5.75 Å². The van der Waals surface area contributed by atoms with Crippen molar-refractivity contribution in [1.82, 2.24) is 0 Å². The second kappa shape index (κ2) is 8.48. The summed E-state index contributed by atoms with van der Waals surface area (Å²) in [4.78, 5) is 12.2. The van der Waals surface area contributed by atoms with E-state index in [2.05, 4.69) is 10.6 Å². The van der Waals surface area contributed by atoms with Gasteiger partial charge in [-0.1, -0.05) is 11.6 Å². The van der Waals surface area contributed by atoms with Crippen LogP contribution < -0.4 is 24.8 Å². The van der Waals surface area contributed by atoms with Gasteiger partial charge in [0.05, 0.1) is 31.0 Å². The number of methoxy groups -OCH3 is 2. The molecule has 2 aromatic carbocycles. The largest absolute Gasteiger partial charge is 0.495 e. The number of carbonyl (C=O) groups excluding carboxylic acids is 1. The molecule has 2 amide bonds. The van der Waals surface area contributed by atoms with E-state index in [1.807, 2.05) is 13.8 Å². The molecule has 0 aromatic heterocycles. The third-order valence-electron chi connectivity index (χ3n) is 3.21. The molecule has 134 valence electrons. The summed E-state index contributed by atoms with van der Waals surface area (Å²) in [6.07, 6.45) is 0.0921. The lowest BCUT2D eigenvalue weighted by Crippen LogP contribution is -2.19. The van der Waals surface area contributed by atoms with Crippen LogP contribution in [0.25, 0.3) is 0 Å². The first kappa shape index (κ1) is 18.7. The Morgan fingerprint density at radius 1 is 1.00 bits per heavy atom. The van der Waals surface area contributed by atoms with Gasteiger partial charge >= 0.3 is 6.03 Å². The van der Waals surface area contributed by atoms with Gasteiger partial charge in [0.2, 0.25) is 0 Å². The number of urea groups is 1. The number of halogens is 1. The zero-order valence-corrected chi connectivity index (χ0v) is 15.3. The lowest BCUT2D eigenvalue weighted by atomic mass is 10.2. The van der Waals surface area contributed by atoms with Crippen molar-refractivity contribution in [3.63, 3.8) is 0 Å². The molecule has 25 heavy (non-hydrogen) atoms. The number of benzene rings is 2. The van der Waals surface area contributed by atoms with Gasteiger partial charge in [0.25, 0.3) is 0 Å². The Balaban J connectivity index is 2.07. The van der Waals surface area contributed by atoms with Gasteiger partial charge in [-0.3, -0.25) is 0 Å². The molecule has 6 nitrogen and oxygen atoms in total. The fourth-order valence-electron chi connectivity index (χ4n) is 2.13. The lowest BCUT2D eigenvalue weighted by molar-refractivity contribution is 0.242. The smallest absolute Gasteiger partial charge is 0.323 e. The van der Waals surface area contributed by atoms with Crippen molar-refractivity contribution in [2.75, 3.05) is 24.9 Å². The number of carbonyl (C=O) groups is 1. The van der Waals surface area contributed by atoms with E-state index >= 15 is 0 Å². The molecule has 2 aromatic rings. The van der Waals surface area contributed by atoms with Crippen LogP contribution in [0.3, 0.4) is 0 Å². The molecular weight excluding hydrogens is 344 g/mol. The van der Waals surface area contributed by atoms with E-state index in [0.29, 0.717) is 27.9 Å². The Kier molecular flexibility index (Phi) is 6.36. The Hall–Kier alpha value is -2.60. The van der Waals surface area contributed by atoms with Gasteiger partial charge < -0.3 is 24.8 Å². The van der Waals surface area contributed by atoms with Crippen molar-refractivity contribution >= 4 is 29.0 Å². The number of hydrogen-bond donors (Lipinski definition) is 2. The van der Waals surface area contributed by atoms with Crippen LogP contribution in [-0.4, -0.2) is 26.4 Å². The molecule has 0 spiro atoms. The van der Waals surface area contributed by atoms with E-state index < -0.39 is 6.03 Å². The van der Waals surface area contributed by atoms with E-state index in [1.165, 1.54) is 14.2 Å². The molecular formula is C18H21ClN2O4. The average molecular weight is 365 g/mol. The number of ether oxygens (including phenoxy) is 3. The van der Waals surface area contributed by atoms with Crippen LogP contribution in [0, 0.1) is 0 Å². The molecule has 0 bridgehead atoms. The molecule has 0 saturated carbocycles. The third-order valence-corrected chi connectivity index (χ3v) is 3.50. The van der Waals surface area contributed by atoms with Crippen molar-refractivity contribution in [1.29, 1.82) is 0 Å². The SMILES string of the molecule is COc1cc(NC(=O)Nc2ccc(OC(C)C)cc2)c(OC)cc1Cl. The molecule has 2 N–H and O–H groups in total. The summed E-state index contributed by atoms with van der Waals surface area (Å²) in [5.41, 5.74) is 1.08. The molecule has 7 heteroatoms. The summed E-state index contributed by atoms with van der Waals surface area (Å²) >= 11 is 6.05. The van der Waals surface area contributed by atoms with Crippen LogP contribution in [0.1, 0.15) is 13.8 Å². The summed E-state index contributed by atoms with van der Waals surface area (Å²) in [6.45, 7) is 3.90. The Morgan fingerprint density at radius 2 is 1.64 bits per heavy atom. The van der Waals surface area contributed by atoms with Crippen molar-refractivity contribution in [2.24, 2.45) is 0 Å². The fraction of sp³-hybridized carbons (Fsp3) is 0.278. The number of amides is 2. The first-order valence-corrected chi connectivity index (χ1v) is 8.07. The first-order valence-electron chi connectivity index (χ1n) is 7.69. The maximum absolute atomic E-state index is 12.2. The van der Waals surface area contributed by atoms with Gasteiger partial charge in [-0.15, -0.1) is 0 Å². The molecule has 0 aliphatic rings. The zero-order valence-electron chi connectivity index (χ0n) is 14.6. The number of anilines is 2. The highest BCUT2D eigenvalue weighted by atomic mass is 35.5. The minimum atomic E-state index is -0.416. The predicted octanol–water partition coefficient (Wildman–Crippen LogP) is 4.79. The second-order valence-electron chi connectivity index (χ2n) is 5.46. The van der Waals surface area contributed by atoms with Crippen molar-refractivity contribution in [2.45, 2.75) is 20.0 Å². The normalized spacial score (nSPS) is 10.3. The van der Waals surface area contributed by atoms with E-state index in [4.69, 9.17) is 25.8 Å². The van der Waals surface area contributed by atoms with Crippen LogP contribution in [0.5, 0.6) is 17.2 Å².